The molecule has 1 aliphatic rings. The molecule has 0 spiro atoms. The topological polar surface area (TPSA) is 113 Å². The summed E-state index contributed by atoms with van der Waals surface area (Å²) in [5.74, 6) is 0.501. The quantitative estimate of drug-likeness (QED) is 0.611. The first kappa shape index (κ1) is 12.0. The zero-order chi connectivity index (χ0) is 14.4. The molecule has 0 radical (unpaired) electrons. The Bertz CT molecular complexity index is 792. The highest BCUT2D eigenvalue weighted by Crippen LogP contribution is 2.47. The Hall–Kier alpha value is -3.03. The van der Waals surface area contributed by atoms with E-state index in [4.69, 9.17) is 0 Å². The Morgan fingerprint density at radius 1 is 1.00 bits per heavy atom. The molecule has 0 saturated carbocycles. The number of rotatable bonds is 2. The van der Waals surface area contributed by atoms with Gasteiger partial charge in [-0.3, -0.25) is 20.2 Å². The van der Waals surface area contributed by atoms with Gasteiger partial charge in [0.15, 0.2) is 0 Å². The lowest BCUT2D eigenvalue weighted by Gasteiger charge is -2.25. The molecular weight excluding hydrogens is 264 g/mol. The molecule has 0 N–H and O–H groups in total. The van der Waals surface area contributed by atoms with Crippen LogP contribution in [-0.2, 0) is 0 Å². The van der Waals surface area contributed by atoms with Crippen LogP contribution in [0, 0.1) is 20.2 Å². The summed E-state index contributed by atoms with van der Waals surface area (Å²) in [4.78, 5) is 25.1. The van der Waals surface area contributed by atoms with Crippen molar-refractivity contribution in [2.45, 2.75) is 6.92 Å². The van der Waals surface area contributed by atoms with Gasteiger partial charge in [0.05, 0.1) is 9.85 Å². The van der Waals surface area contributed by atoms with E-state index in [0.717, 1.165) is 0 Å². The van der Waals surface area contributed by atoms with Gasteiger partial charge in [0.1, 0.15) is 5.39 Å². The van der Waals surface area contributed by atoms with Crippen LogP contribution in [0.15, 0.2) is 29.3 Å². The first-order valence-electron chi connectivity index (χ1n) is 5.64. The van der Waals surface area contributed by atoms with Gasteiger partial charge in [-0.25, -0.2) is 0 Å². The zero-order valence-electron chi connectivity index (χ0n) is 10.2. The van der Waals surface area contributed by atoms with Crippen molar-refractivity contribution in [1.29, 1.82) is 0 Å². The molecule has 8 nitrogen and oxygen atoms in total. The number of hydrogen-bond acceptors (Lipinski definition) is 5. The highest BCUT2D eigenvalue weighted by atomic mass is 16.6. The molecule has 0 bridgehead atoms. The number of hydrogen-bond donors (Lipinski definition) is 0. The second-order valence-corrected chi connectivity index (χ2v) is 4.24. The van der Waals surface area contributed by atoms with Crippen LogP contribution in [0.2, 0.25) is 0 Å². The first-order chi connectivity index (χ1) is 9.49. The van der Waals surface area contributed by atoms with Crippen LogP contribution >= 0.6 is 0 Å². The Balaban J connectivity index is 2.53. The third kappa shape index (κ3) is 1.58. The summed E-state index contributed by atoms with van der Waals surface area (Å²) in [5.41, 5.74) is 0.276. The molecule has 0 fully saturated rings. The van der Waals surface area contributed by atoms with E-state index < -0.39 is 9.85 Å². The Morgan fingerprint density at radius 2 is 1.60 bits per heavy atom. The fourth-order valence-electron chi connectivity index (χ4n) is 2.29. The highest BCUT2D eigenvalue weighted by Gasteiger charge is 2.24. The highest BCUT2D eigenvalue weighted by molar-refractivity contribution is 6.20. The number of nitro groups is 2. The average Bonchev–Trinajstić information content (AvgIpc) is 2.38. The van der Waals surface area contributed by atoms with Crippen LogP contribution < -0.4 is 0 Å². The fraction of sp³-hybridized carbons (Fsp3) is 0.0833. The molecule has 0 amide bonds. The monoisotopic (exact) mass is 271 g/mol. The van der Waals surface area contributed by atoms with E-state index in [9.17, 15) is 20.2 Å². The van der Waals surface area contributed by atoms with Gasteiger partial charge in [0.2, 0.25) is 0 Å². The molecule has 100 valence electrons. The zero-order valence-corrected chi connectivity index (χ0v) is 10.2. The van der Waals surface area contributed by atoms with Crippen molar-refractivity contribution >= 4 is 39.4 Å². The second-order valence-electron chi connectivity index (χ2n) is 4.24. The van der Waals surface area contributed by atoms with Crippen LogP contribution in [-0.4, -0.2) is 15.7 Å². The fourth-order valence-corrected chi connectivity index (χ4v) is 2.29. The molecule has 2 aromatic carbocycles. The summed E-state index contributed by atoms with van der Waals surface area (Å²) in [6.07, 6.45) is 0. The summed E-state index contributed by atoms with van der Waals surface area (Å²) in [7, 11) is 0. The smallest absolute Gasteiger partial charge is 0.284 e. The molecule has 1 aliphatic heterocycles. The molecule has 20 heavy (non-hydrogen) atoms. The third-order valence-electron chi connectivity index (χ3n) is 3.03. The van der Waals surface area contributed by atoms with Crippen LogP contribution in [0.25, 0.3) is 16.1 Å². The Labute approximate surface area is 112 Å². The van der Waals surface area contributed by atoms with Crippen molar-refractivity contribution in [2.75, 3.05) is 0 Å². The maximum absolute atomic E-state index is 11.1. The molecule has 0 saturated heterocycles. The number of non-ortho nitro benzene ring substituents is 2. The number of nitro benzene ring substituents is 2. The summed E-state index contributed by atoms with van der Waals surface area (Å²) < 4.78 is 0. The third-order valence-corrected chi connectivity index (χ3v) is 3.03. The van der Waals surface area contributed by atoms with Crippen molar-refractivity contribution in [2.24, 2.45) is 4.99 Å². The number of aliphatic imine (C=N–C) groups is 1. The lowest BCUT2D eigenvalue weighted by atomic mass is 10.0. The lowest BCUT2D eigenvalue weighted by molar-refractivity contribution is -0.390. The van der Waals surface area contributed by atoms with Crippen molar-refractivity contribution in [3.8, 4) is 0 Å². The van der Waals surface area contributed by atoms with E-state index in [2.05, 4.69) is 10.3 Å². The van der Waals surface area contributed by atoms with Crippen molar-refractivity contribution in [3.05, 3.63) is 49.8 Å². The lowest BCUT2D eigenvalue weighted by Crippen LogP contribution is -1.99. The van der Waals surface area contributed by atoms with Crippen LogP contribution in [0.3, 0.4) is 0 Å². The maximum atomic E-state index is 11.1. The summed E-state index contributed by atoms with van der Waals surface area (Å²) in [5, 5.41) is 26.7. The van der Waals surface area contributed by atoms with Crippen LogP contribution in [0.1, 0.15) is 6.92 Å². The largest absolute Gasteiger partial charge is 0.440 e. The minimum Gasteiger partial charge on any atom is -0.440 e. The number of nitrogens with zero attached hydrogens (tertiary/aromatic N) is 4. The molecule has 2 aromatic rings. The van der Waals surface area contributed by atoms with Gasteiger partial charge in [-0.05, 0) is 18.3 Å². The van der Waals surface area contributed by atoms with E-state index in [1.54, 1.807) is 6.92 Å². The Kier molecular flexibility index (Phi) is 2.40. The normalized spacial score (nSPS) is 12.8. The maximum Gasteiger partial charge on any atom is 0.284 e. The van der Waals surface area contributed by atoms with Gasteiger partial charge in [-0.15, -0.1) is 0 Å². The van der Waals surface area contributed by atoms with Crippen molar-refractivity contribution in [1.82, 2.24) is 0 Å². The Morgan fingerprint density at radius 3 is 2.20 bits per heavy atom. The van der Waals surface area contributed by atoms with E-state index in [-0.39, 0.29) is 16.8 Å². The van der Waals surface area contributed by atoms with Gasteiger partial charge in [0, 0.05) is 17.5 Å². The standard InChI is InChI=1S/C12H7N4O4/c1-6-13-7-2-4-9(15(17)18)12-10(16(19)20)5-3-8(14-6)11(7)12/h2-5H,1H3/q-1. The van der Waals surface area contributed by atoms with Gasteiger partial charge < -0.3 is 10.3 Å². The van der Waals surface area contributed by atoms with E-state index >= 15 is 0 Å². The minimum atomic E-state index is -0.638. The van der Waals surface area contributed by atoms with E-state index in [0.29, 0.717) is 22.6 Å². The summed E-state index contributed by atoms with van der Waals surface area (Å²) >= 11 is 0. The van der Waals surface area contributed by atoms with Gasteiger partial charge in [-0.2, -0.15) is 0 Å². The number of benzene rings is 2. The SMILES string of the molecule is CC1=Nc2ccc([N+](=O)[O-])c3c([N+](=O)[O-])ccc(c23)[N-]1. The van der Waals surface area contributed by atoms with Crippen LogP contribution in [0.4, 0.5) is 22.7 Å². The van der Waals surface area contributed by atoms with Crippen molar-refractivity contribution < 1.29 is 9.85 Å². The molecule has 0 atom stereocenters. The minimum absolute atomic E-state index is 0.0324. The van der Waals surface area contributed by atoms with Crippen LogP contribution in [0.5, 0.6) is 0 Å². The number of amidine groups is 1. The summed E-state index contributed by atoms with van der Waals surface area (Å²) in [6, 6.07) is 5.42. The summed E-state index contributed by atoms with van der Waals surface area (Å²) in [6.45, 7) is 1.69. The predicted octanol–water partition coefficient (Wildman–Crippen LogP) is 3.72. The van der Waals surface area contributed by atoms with E-state index in [1.165, 1.54) is 24.3 Å². The first-order valence-corrected chi connectivity index (χ1v) is 5.64. The molecule has 1 heterocycles. The molecule has 3 rings (SSSR count). The molecule has 8 heteroatoms. The van der Waals surface area contributed by atoms with E-state index in [1.807, 2.05) is 0 Å². The molecule has 0 aromatic heterocycles. The molecule has 0 aliphatic carbocycles. The van der Waals surface area contributed by atoms with Gasteiger partial charge >= 0.3 is 0 Å². The molecular formula is C12H7N4O4-. The van der Waals surface area contributed by atoms with Gasteiger partial charge in [0.25, 0.3) is 11.4 Å². The van der Waals surface area contributed by atoms with Gasteiger partial charge in [-0.1, -0.05) is 18.0 Å². The second kappa shape index (κ2) is 3.98. The average molecular weight is 271 g/mol. The predicted molar refractivity (Wildman–Crippen MR) is 73.0 cm³/mol. The molecule has 0 unspecified atom stereocenters. The van der Waals surface area contributed by atoms with Crippen molar-refractivity contribution in [3.63, 3.8) is 0 Å².